The van der Waals surface area contributed by atoms with E-state index in [0.29, 0.717) is 18.5 Å². The minimum Gasteiger partial charge on any atom is -0.322 e. The van der Waals surface area contributed by atoms with Crippen molar-refractivity contribution in [3.8, 4) is 0 Å². The van der Waals surface area contributed by atoms with Gasteiger partial charge in [0.2, 0.25) is 0 Å². The van der Waals surface area contributed by atoms with Gasteiger partial charge in [-0.15, -0.1) is 0 Å². The van der Waals surface area contributed by atoms with Crippen molar-refractivity contribution < 1.29 is 14.4 Å². The number of ketones is 2. The normalized spacial score (nSPS) is 15.4. The second-order valence-corrected chi connectivity index (χ2v) is 13.2. The molecule has 0 saturated heterocycles. The molecule has 1 N–H and O–H groups in total. The number of carbonyl (C=O) groups is 3. The molecule has 1 unspecified atom stereocenters. The van der Waals surface area contributed by atoms with Crippen LogP contribution in [0.1, 0.15) is 32.1 Å². The van der Waals surface area contributed by atoms with E-state index in [9.17, 15) is 14.4 Å². The molecule has 39 heavy (non-hydrogen) atoms. The lowest BCUT2D eigenvalue weighted by Gasteiger charge is -2.32. The third kappa shape index (κ3) is 5.57. The van der Waals surface area contributed by atoms with Gasteiger partial charge in [0.15, 0.2) is 5.78 Å². The molecule has 0 heterocycles. The van der Waals surface area contributed by atoms with Crippen LogP contribution in [0.25, 0.3) is 0 Å². The standard InChI is InChI=1S/C34H32NO3P/c36-31-24-14-13-15-26(31)25-32(37)33(34(38)35-27-16-5-1-6-17-27)39(28-18-7-2-8-19-28,29-20-9-3-10-21-29)30-22-11-4-12-23-30/h1-12,16-23,26H,13-15,24-25H2,(H,35,38). The molecular formula is C34H32NO3P. The highest BCUT2D eigenvalue weighted by Crippen LogP contribution is 2.47. The second kappa shape index (κ2) is 12.2. The lowest BCUT2D eigenvalue weighted by molar-refractivity contribution is -0.127. The van der Waals surface area contributed by atoms with E-state index in [-0.39, 0.29) is 29.2 Å². The highest BCUT2D eigenvalue weighted by Gasteiger charge is 2.38. The number of hydrogen-bond acceptors (Lipinski definition) is 3. The summed E-state index contributed by atoms with van der Waals surface area (Å²) in [6.07, 6.45) is 3.02. The highest BCUT2D eigenvalue weighted by molar-refractivity contribution is 7.97. The Morgan fingerprint density at radius 1 is 0.667 bits per heavy atom. The zero-order valence-electron chi connectivity index (χ0n) is 21.8. The van der Waals surface area contributed by atoms with Gasteiger partial charge in [-0.25, -0.2) is 0 Å². The summed E-state index contributed by atoms with van der Waals surface area (Å²) in [5, 5.41) is 6.02. The Hall–Kier alpha value is -4.01. The topological polar surface area (TPSA) is 63.2 Å². The van der Waals surface area contributed by atoms with E-state index in [1.165, 1.54) is 0 Å². The molecule has 0 aromatic heterocycles. The van der Waals surface area contributed by atoms with Crippen LogP contribution in [0.4, 0.5) is 5.69 Å². The molecule has 0 bridgehead atoms. The maximum atomic E-state index is 14.5. The van der Waals surface area contributed by atoms with Crippen molar-refractivity contribution >= 4 is 51.3 Å². The molecule has 1 amide bonds. The average molecular weight is 534 g/mol. The van der Waals surface area contributed by atoms with Crippen molar-refractivity contribution in [3.63, 3.8) is 0 Å². The third-order valence-corrected chi connectivity index (χ3v) is 11.7. The molecule has 5 heteroatoms. The predicted octanol–water partition coefficient (Wildman–Crippen LogP) is 5.51. The molecule has 4 aromatic carbocycles. The van der Waals surface area contributed by atoms with Crippen molar-refractivity contribution in [2.24, 2.45) is 5.92 Å². The van der Waals surface area contributed by atoms with E-state index in [2.05, 4.69) is 5.32 Å². The fourth-order valence-corrected chi connectivity index (χ4v) is 9.91. The minimum absolute atomic E-state index is 0.0463. The Kier molecular flexibility index (Phi) is 8.34. The van der Waals surface area contributed by atoms with Crippen LogP contribution in [0.3, 0.4) is 0 Å². The fourth-order valence-electron chi connectivity index (χ4n) is 5.56. The molecule has 1 saturated carbocycles. The number of amides is 1. The lowest BCUT2D eigenvalue weighted by Crippen LogP contribution is -2.41. The van der Waals surface area contributed by atoms with Crippen LogP contribution >= 0.6 is 6.89 Å². The summed E-state index contributed by atoms with van der Waals surface area (Å²) < 4.78 is 0. The van der Waals surface area contributed by atoms with Crippen LogP contribution in [0.5, 0.6) is 0 Å². The first-order chi connectivity index (χ1) is 19.1. The second-order valence-electron chi connectivity index (χ2n) is 9.88. The largest absolute Gasteiger partial charge is 0.322 e. The molecule has 1 atom stereocenters. The van der Waals surface area contributed by atoms with Crippen LogP contribution in [0.2, 0.25) is 0 Å². The SMILES string of the molecule is O=C(CC1CCCCC1=O)C(C(=O)Nc1ccccc1)=P(c1ccccc1)(c1ccccc1)c1ccccc1. The summed E-state index contributed by atoms with van der Waals surface area (Å²) in [5.41, 5.74) is 0.619. The van der Waals surface area contributed by atoms with E-state index in [1.807, 2.05) is 121 Å². The Morgan fingerprint density at radius 3 is 1.59 bits per heavy atom. The first kappa shape index (κ1) is 26.6. The summed E-state index contributed by atoms with van der Waals surface area (Å²) in [5.74, 6) is -0.900. The summed E-state index contributed by atoms with van der Waals surface area (Å²) in [6.45, 7) is -2.96. The van der Waals surface area contributed by atoms with Crippen LogP contribution in [-0.4, -0.2) is 22.8 Å². The zero-order valence-corrected chi connectivity index (χ0v) is 22.7. The number of para-hydroxylation sites is 1. The number of nitrogens with one attached hydrogen (secondary N) is 1. The van der Waals surface area contributed by atoms with Gasteiger partial charge in [0, 0.05) is 24.4 Å². The molecule has 1 aliphatic rings. The van der Waals surface area contributed by atoms with Gasteiger partial charge in [-0.2, -0.15) is 0 Å². The van der Waals surface area contributed by atoms with Crippen LogP contribution in [0.15, 0.2) is 121 Å². The smallest absolute Gasteiger partial charge is 0.260 e. The van der Waals surface area contributed by atoms with Crippen molar-refractivity contribution in [3.05, 3.63) is 121 Å². The van der Waals surface area contributed by atoms with Gasteiger partial charge >= 0.3 is 0 Å². The number of benzene rings is 4. The number of Topliss-reactive ketones (excluding diaryl/α,β-unsaturated/α-hetero) is 2. The third-order valence-electron chi connectivity index (χ3n) is 7.39. The molecule has 196 valence electrons. The van der Waals surface area contributed by atoms with E-state index in [4.69, 9.17) is 0 Å². The Labute approximate surface area is 230 Å². The molecule has 0 aliphatic heterocycles. The summed E-state index contributed by atoms with van der Waals surface area (Å²) in [4.78, 5) is 41.8. The van der Waals surface area contributed by atoms with E-state index in [1.54, 1.807) is 0 Å². The van der Waals surface area contributed by atoms with Crippen LogP contribution in [0, 0.1) is 5.92 Å². The molecule has 4 nitrogen and oxygen atoms in total. The molecule has 5 rings (SSSR count). The van der Waals surface area contributed by atoms with Gasteiger partial charge < -0.3 is 5.32 Å². The van der Waals surface area contributed by atoms with Crippen molar-refractivity contribution in [2.45, 2.75) is 32.1 Å². The zero-order chi connectivity index (χ0) is 27.1. The van der Waals surface area contributed by atoms with Gasteiger partial charge in [0.25, 0.3) is 5.91 Å². The van der Waals surface area contributed by atoms with Crippen molar-refractivity contribution in [1.82, 2.24) is 0 Å². The molecule has 0 spiro atoms. The number of carbonyl (C=O) groups excluding carboxylic acids is 3. The van der Waals surface area contributed by atoms with E-state index in [0.717, 1.165) is 28.8 Å². The average Bonchev–Trinajstić information content (AvgIpc) is 2.99. The maximum Gasteiger partial charge on any atom is 0.260 e. The Balaban J connectivity index is 1.84. The fraction of sp³-hybridized carbons (Fsp3) is 0.176. The maximum absolute atomic E-state index is 14.5. The van der Waals surface area contributed by atoms with Gasteiger partial charge in [-0.1, -0.05) is 116 Å². The number of rotatable bonds is 8. The molecule has 1 aliphatic carbocycles. The van der Waals surface area contributed by atoms with Crippen molar-refractivity contribution in [2.75, 3.05) is 5.32 Å². The minimum atomic E-state index is -2.96. The molecular weight excluding hydrogens is 501 g/mol. The summed E-state index contributed by atoms with van der Waals surface area (Å²) in [7, 11) is 0. The summed E-state index contributed by atoms with van der Waals surface area (Å²) in [6, 6.07) is 38.9. The van der Waals surface area contributed by atoms with E-state index < -0.39 is 12.8 Å². The molecule has 4 aromatic rings. The van der Waals surface area contributed by atoms with Crippen molar-refractivity contribution in [1.29, 1.82) is 0 Å². The van der Waals surface area contributed by atoms with Gasteiger partial charge in [0.05, 0.1) is 5.29 Å². The number of anilines is 1. The van der Waals surface area contributed by atoms with Crippen LogP contribution in [-0.2, 0) is 14.4 Å². The predicted molar refractivity (Wildman–Crippen MR) is 162 cm³/mol. The lowest BCUT2D eigenvalue weighted by atomic mass is 9.84. The highest BCUT2D eigenvalue weighted by atomic mass is 31.2. The summed E-state index contributed by atoms with van der Waals surface area (Å²) >= 11 is 0. The monoisotopic (exact) mass is 533 g/mol. The van der Waals surface area contributed by atoms with Gasteiger partial charge in [0.1, 0.15) is 5.78 Å². The number of hydrogen-bond donors (Lipinski definition) is 1. The quantitative estimate of drug-likeness (QED) is 0.240. The van der Waals surface area contributed by atoms with Gasteiger partial charge in [-0.3, -0.25) is 14.4 Å². The molecule has 1 fully saturated rings. The molecule has 0 radical (unpaired) electrons. The first-order valence-electron chi connectivity index (χ1n) is 13.5. The Morgan fingerprint density at radius 2 is 1.13 bits per heavy atom. The van der Waals surface area contributed by atoms with Crippen LogP contribution < -0.4 is 21.2 Å². The van der Waals surface area contributed by atoms with Gasteiger partial charge in [-0.05, 0) is 47.8 Å². The first-order valence-corrected chi connectivity index (χ1v) is 15.3. The van der Waals surface area contributed by atoms with E-state index >= 15 is 0 Å². The Bertz CT molecular complexity index is 1400.